The SMILES string of the molecule is CCOc1cccc(CNCCN(CC)CC)c1OCc1ccccc1F. The topological polar surface area (TPSA) is 33.7 Å². The Labute approximate surface area is 162 Å². The van der Waals surface area contributed by atoms with Crippen molar-refractivity contribution >= 4 is 0 Å². The molecule has 0 aliphatic rings. The minimum atomic E-state index is -0.259. The second kappa shape index (κ2) is 11.6. The monoisotopic (exact) mass is 374 g/mol. The molecule has 4 nitrogen and oxygen atoms in total. The molecule has 2 aromatic carbocycles. The summed E-state index contributed by atoms with van der Waals surface area (Å²) < 4.78 is 25.6. The molecular formula is C22H31FN2O2. The zero-order valence-electron chi connectivity index (χ0n) is 16.6. The van der Waals surface area contributed by atoms with Crippen LogP contribution in [0.1, 0.15) is 31.9 Å². The predicted octanol–water partition coefficient (Wildman–Crippen LogP) is 4.23. The van der Waals surface area contributed by atoms with Gasteiger partial charge in [-0.3, -0.25) is 0 Å². The van der Waals surface area contributed by atoms with Gasteiger partial charge in [-0.25, -0.2) is 4.39 Å². The summed E-state index contributed by atoms with van der Waals surface area (Å²) >= 11 is 0. The number of nitrogens with one attached hydrogen (secondary N) is 1. The first-order valence-corrected chi connectivity index (χ1v) is 9.73. The highest BCUT2D eigenvalue weighted by molar-refractivity contribution is 5.46. The van der Waals surface area contributed by atoms with Gasteiger partial charge in [-0.15, -0.1) is 0 Å². The minimum Gasteiger partial charge on any atom is -0.490 e. The summed E-state index contributed by atoms with van der Waals surface area (Å²) in [6.07, 6.45) is 0. The molecule has 2 aromatic rings. The van der Waals surface area contributed by atoms with Gasteiger partial charge < -0.3 is 19.7 Å². The van der Waals surface area contributed by atoms with Crippen molar-refractivity contribution in [1.29, 1.82) is 0 Å². The summed E-state index contributed by atoms with van der Waals surface area (Å²) in [5, 5.41) is 3.47. The van der Waals surface area contributed by atoms with Gasteiger partial charge in [0.2, 0.25) is 0 Å². The van der Waals surface area contributed by atoms with Crippen molar-refractivity contribution in [2.45, 2.75) is 33.9 Å². The molecule has 5 heteroatoms. The first kappa shape index (κ1) is 21.2. The van der Waals surface area contributed by atoms with E-state index in [2.05, 4.69) is 24.1 Å². The van der Waals surface area contributed by atoms with Crippen molar-refractivity contribution < 1.29 is 13.9 Å². The molecule has 0 aliphatic carbocycles. The van der Waals surface area contributed by atoms with Gasteiger partial charge in [-0.2, -0.15) is 0 Å². The Morgan fingerprint density at radius 1 is 0.926 bits per heavy atom. The van der Waals surface area contributed by atoms with Crippen LogP contribution in [-0.2, 0) is 13.2 Å². The van der Waals surface area contributed by atoms with Crippen molar-refractivity contribution in [2.24, 2.45) is 0 Å². The van der Waals surface area contributed by atoms with E-state index in [1.807, 2.05) is 31.2 Å². The van der Waals surface area contributed by atoms with E-state index >= 15 is 0 Å². The fourth-order valence-corrected chi connectivity index (χ4v) is 2.90. The first-order valence-electron chi connectivity index (χ1n) is 9.73. The van der Waals surface area contributed by atoms with Crippen LogP contribution in [0.4, 0.5) is 4.39 Å². The molecule has 0 bridgehead atoms. The van der Waals surface area contributed by atoms with Crippen LogP contribution >= 0.6 is 0 Å². The van der Waals surface area contributed by atoms with Crippen molar-refractivity contribution in [3.05, 3.63) is 59.4 Å². The lowest BCUT2D eigenvalue weighted by atomic mass is 10.1. The predicted molar refractivity (Wildman–Crippen MR) is 108 cm³/mol. The standard InChI is InChI=1S/C22H31FN2O2/c1-4-25(5-2)15-14-24-16-18-11-9-13-21(26-6-3)22(18)27-17-19-10-7-8-12-20(19)23/h7-13,24H,4-6,14-17H2,1-3H3. The van der Waals surface area contributed by atoms with E-state index in [0.29, 0.717) is 30.2 Å². The van der Waals surface area contributed by atoms with Crippen molar-refractivity contribution in [3.8, 4) is 11.5 Å². The van der Waals surface area contributed by atoms with E-state index < -0.39 is 0 Å². The normalized spacial score (nSPS) is 11.0. The van der Waals surface area contributed by atoms with Gasteiger partial charge in [0.15, 0.2) is 11.5 Å². The Balaban J connectivity index is 2.05. The number of benzene rings is 2. The number of nitrogens with zero attached hydrogens (tertiary/aromatic N) is 1. The van der Waals surface area contributed by atoms with Crippen molar-refractivity contribution in [2.75, 3.05) is 32.8 Å². The van der Waals surface area contributed by atoms with Gasteiger partial charge in [0.1, 0.15) is 12.4 Å². The molecule has 27 heavy (non-hydrogen) atoms. The van der Waals surface area contributed by atoms with E-state index in [1.165, 1.54) is 6.07 Å². The van der Waals surface area contributed by atoms with Crippen LogP contribution in [0.25, 0.3) is 0 Å². The smallest absolute Gasteiger partial charge is 0.166 e. The molecular weight excluding hydrogens is 343 g/mol. The molecule has 0 unspecified atom stereocenters. The lowest BCUT2D eigenvalue weighted by molar-refractivity contribution is 0.262. The second-order valence-corrected chi connectivity index (χ2v) is 6.26. The summed E-state index contributed by atoms with van der Waals surface area (Å²) in [6, 6.07) is 12.5. The molecule has 1 N–H and O–H groups in total. The highest BCUT2D eigenvalue weighted by atomic mass is 19.1. The summed E-state index contributed by atoms with van der Waals surface area (Å²) in [7, 11) is 0. The third-order valence-corrected chi connectivity index (χ3v) is 4.50. The van der Waals surface area contributed by atoms with E-state index in [4.69, 9.17) is 9.47 Å². The molecule has 0 saturated carbocycles. The van der Waals surface area contributed by atoms with Gasteiger partial charge in [0.25, 0.3) is 0 Å². The maximum absolute atomic E-state index is 13.9. The molecule has 0 aliphatic heterocycles. The molecule has 0 fully saturated rings. The molecule has 0 spiro atoms. The third kappa shape index (κ3) is 6.52. The number of likely N-dealkylation sites (N-methyl/N-ethyl adjacent to an activating group) is 1. The number of rotatable bonds is 12. The second-order valence-electron chi connectivity index (χ2n) is 6.26. The van der Waals surface area contributed by atoms with Gasteiger partial charge in [0.05, 0.1) is 6.61 Å². The molecule has 0 amide bonds. The Kier molecular flexibility index (Phi) is 9.08. The number of para-hydroxylation sites is 1. The Bertz CT molecular complexity index is 690. The first-order chi connectivity index (χ1) is 13.2. The molecule has 0 heterocycles. The molecule has 0 aromatic heterocycles. The Morgan fingerprint density at radius 2 is 1.67 bits per heavy atom. The van der Waals surface area contributed by atoms with E-state index in [9.17, 15) is 4.39 Å². The van der Waals surface area contributed by atoms with Crippen LogP contribution < -0.4 is 14.8 Å². The largest absolute Gasteiger partial charge is 0.490 e. The number of hydrogen-bond acceptors (Lipinski definition) is 4. The van der Waals surface area contributed by atoms with Gasteiger partial charge in [-0.05, 0) is 32.1 Å². The zero-order valence-corrected chi connectivity index (χ0v) is 16.6. The summed E-state index contributed by atoms with van der Waals surface area (Å²) in [5.74, 6) is 1.11. The van der Waals surface area contributed by atoms with E-state index in [1.54, 1.807) is 12.1 Å². The summed E-state index contributed by atoms with van der Waals surface area (Å²) in [5.41, 5.74) is 1.54. The number of hydrogen-bond donors (Lipinski definition) is 1. The summed E-state index contributed by atoms with van der Waals surface area (Å²) in [4.78, 5) is 2.37. The van der Waals surface area contributed by atoms with Crippen LogP contribution in [0.2, 0.25) is 0 Å². The van der Waals surface area contributed by atoms with Gasteiger partial charge in [-0.1, -0.05) is 44.2 Å². The van der Waals surface area contributed by atoms with Crippen LogP contribution in [0.15, 0.2) is 42.5 Å². The number of ether oxygens (including phenoxy) is 2. The van der Waals surface area contributed by atoms with Gasteiger partial charge in [0, 0.05) is 30.8 Å². The van der Waals surface area contributed by atoms with E-state index in [-0.39, 0.29) is 12.4 Å². The fourth-order valence-electron chi connectivity index (χ4n) is 2.90. The minimum absolute atomic E-state index is 0.170. The van der Waals surface area contributed by atoms with Crippen molar-refractivity contribution in [1.82, 2.24) is 10.2 Å². The average Bonchev–Trinajstić information content (AvgIpc) is 2.69. The Hall–Kier alpha value is -2.11. The summed E-state index contributed by atoms with van der Waals surface area (Å²) in [6.45, 7) is 11.7. The fraction of sp³-hybridized carbons (Fsp3) is 0.455. The van der Waals surface area contributed by atoms with E-state index in [0.717, 1.165) is 31.7 Å². The zero-order chi connectivity index (χ0) is 19.5. The lowest BCUT2D eigenvalue weighted by Gasteiger charge is -2.19. The quantitative estimate of drug-likeness (QED) is 0.564. The van der Waals surface area contributed by atoms with Crippen LogP contribution in [0, 0.1) is 5.82 Å². The molecule has 148 valence electrons. The lowest BCUT2D eigenvalue weighted by Crippen LogP contribution is -2.31. The highest BCUT2D eigenvalue weighted by Crippen LogP contribution is 2.32. The average molecular weight is 375 g/mol. The van der Waals surface area contributed by atoms with Crippen LogP contribution in [0.5, 0.6) is 11.5 Å². The van der Waals surface area contributed by atoms with Crippen molar-refractivity contribution in [3.63, 3.8) is 0 Å². The van der Waals surface area contributed by atoms with Gasteiger partial charge >= 0.3 is 0 Å². The molecule has 0 radical (unpaired) electrons. The molecule has 0 atom stereocenters. The Morgan fingerprint density at radius 3 is 2.37 bits per heavy atom. The molecule has 2 rings (SSSR count). The van der Waals surface area contributed by atoms with Crippen LogP contribution in [-0.4, -0.2) is 37.7 Å². The maximum Gasteiger partial charge on any atom is 0.166 e. The van der Waals surface area contributed by atoms with Crippen LogP contribution in [0.3, 0.4) is 0 Å². The number of halogens is 1. The molecule has 0 saturated heterocycles. The highest BCUT2D eigenvalue weighted by Gasteiger charge is 2.12. The third-order valence-electron chi connectivity index (χ3n) is 4.50. The maximum atomic E-state index is 13.9.